The van der Waals surface area contributed by atoms with E-state index in [1.165, 1.54) is 22.1 Å². The molecule has 3 aromatic carbocycles. The summed E-state index contributed by atoms with van der Waals surface area (Å²) >= 11 is 0. The summed E-state index contributed by atoms with van der Waals surface area (Å²) in [7, 11) is 0. The van der Waals surface area contributed by atoms with Crippen molar-refractivity contribution in [2.75, 3.05) is 0 Å². The van der Waals surface area contributed by atoms with Gasteiger partial charge in [0.25, 0.3) is 0 Å². The molecule has 4 aromatic rings. The van der Waals surface area contributed by atoms with Gasteiger partial charge in [-0.1, -0.05) is 78.9 Å². The summed E-state index contributed by atoms with van der Waals surface area (Å²) in [6, 6.07) is 29.2. The second-order valence-electron chi connectivity index (χ2n) is 7.91. The number of carbonyl (C=O) groups is 1. The Kier molecular flexibility index (Phi) is 4.44. The number of hydrogen-bond acceptors (Lipinski definition) is 1. The highest BCUT2D eigenvalue weighted by Crippen LogP contribution is 2.45. The molecule has 0 aliphatic carbocycles. The normalized spacial score (nSPS) is 19.2. The molecule has 1 fully saturated rings. The van der Waals surface area contributed by atoms with Crippen LogP contribution in [0.2, 0.25) is 0 Å². The predicted octanol–water partition coefficient (Wildman–Crippen LogP) is 5.43. The molecule has 0 saturated carbocycles. The minimum atomic E-state index is -0.353. The molecule has 1 aromatic heterocycles. The third-order valence-electron chi connectivity index (χ3n) is 6.18. The van der Waals surface area contributed by atoms with Crippen LogP contribution in [-0.4, -0.2) is 15.8 Å². The van der Waals surface area contributed by atoms with E-state index >= 15 is 0 Å². The van der Waals surface area contributed by atoms with E-state index in [-0.39, 0.29) is 11.4 Å². The molecular formula is C26H24N2O. The Morgan fingerprint density at radius 3 is 2.24 bits per heavy atom. The highest BCUT2D eigenvalue weighted by Gasteiger charge is 2.47. The summed E-state index contributed by atoms with van der Waals surface area (Å²) in [4.78, 5) is 18.7. The number of hydrogen-bond donors (Lipinski definition) is 1. The van der Waals surface area contributed by atoms with Crippen molar-refractivity contribution in [1.29, 1.82) is 0 Å². The molecule has 1 aliphatic rings. The Bertz CT molecular complexity index is 1130. The molecule has 5 rings (SSSR count). The van der Waals surface area contributed by atoms with Gasteiger partial charge in [0, 0.05) is 42.0 Å². The standard InChI is InChI=1S/C26H24N2O/c29-25-15-16-26(17-20-9-3-1-4-10-20,28(25)19-21-11-5-2-6-12-21)23-18-27-24-14-8-7-13-22(23)24/h1-14,18,27H,15-17,19H2. The molecule has 1 aliphatic heterocycles. The lowest BCUT2D eigenvalue weighted by Gasteiger charge is -2.39. The van der Waals surface area contributed by atoms with E-state index in [1.807, 2.05) is 30.3 Å². The number of nitrogens with zero attached hydrogens (tertiary/aromatic N) is 1. The monoisotopic (exact) mass is 380 g/mol. The van der Waals surface area contributed by atoms with Gasteiger partial charge in [0.15, 0.2) is 0 Å². The lowest BCUT2D eigenvalue weighted by molar-refractivity contribution is -0.132. The summed E-state index contributed by atoms with van der Waals surface area (Å²) in [5.74, 6) is 0.232. The summed E-state index contributed by atoms with van der Waals surface area (Å²) in [6.45, 7) is 0.631. The molecule has 1 atom stereocenters. The van der Waals surface area contributed by atoms with Crippen molar-refractivity contribution in [3.8, 4) is 0 Å². The summed E-state index contributed by atoms with van der Waals surface area (Å²) < 4.78 is 0. The molecule has 1 N–H and O–H groups in total. The zero-order valence-corrected chi connectivity index (χ0v) is 16.3. The van der Waals surface area contributed by atoms with Gasteiger partial charge < -0.3 is 9.88 Å². The first kappa shape index (κ1) is 17.7. The lowest BCUT2D eigenvalue weighted by Crippen LogP contribution is -2.44. The highest BCUT2D eigenvalue weighted by molar-refractivity contribution is 5.87. The van der Waals surface area contributed by atoms with Crippen molar-refractivity contribution in [3.63, 3.8) is 0 Å². The number of carbonyl (C=O) groups excluding carboxylic acids is 1. The predicted molar refractivity (Wildman–Crippen MR) is 116 cm³/mol. The van der Waals surface area contributed by atoms with E-state index in [0.29, 0.717) is 13.0 Å². The van der Waals surface area contributed by atoms with E-state index < -0.39 is 0 Å². The van der Waals surface area contributed by atoms with Gasteiger partial charge in [-0.05, 0) is 23.6 Å². The second-order valence-corrected chi connectivity index (χ2v) is 7.91. The zero-order valence-electron chi connectivity index (χ0n) is 16.3. The largest absolute Gasteiger partial charge is 0.361 e. The van der Waals surface area contributed by atoms with Crippen molar-refractivity contribution in [2.24, 2.45) is 0 Å². The van der Waals surface area contributed by atoms with Crippen LogP contribution < -0.4 is 0 Å². The van der Waals surface area contributed by atoms with E-state index in [2.05, 4.69) is 70.7 Å². The number of likely N-dealkylation sites (tertiary alicyclic amines) is 1. The maximum Gasteiger partial charge on any atom is 0.223 e. The summed E-state index contributed by atoms with van der Waals surface area (Å²) in [5, 5.41) is 1.20. The van der Waals surface area contributed by atoms with Crippen molar-refractivity contribution in [3.05, 3.63) is 108 Å². The van der Waals surface area contributed by atoms with Crippen LogP contribution in [0.3, 0.4) is 0 Å². The van der Waals surface area contributed by atoms with Gasteiger partial charge in [0.1, 0.15) is 0 Å². The number of rotatable bonds is 5. The third-order valence-corrected chi connectivity index (χ3v) is 6.18. The minimum Gasteiger partial charge on any atom is -0.361 e. The molecule has 3 nitrogen and oxygen atoms in total. The number of para-hydroxylation sites is 1. The highest BCUT2D eigenvalue weighted by atomic mass is 16.2. The minimum absolute atomic E-state index is 0.232. The number of aromatic amines is 1. The fourth-order valence-corrected chi connectivity index (χ4v) is 4.78. The molecule has 1 saturated heterocycles. The SMILES string of the molecule is O=C1CCC(Cc2ccccc2)(c2c[nH]c3ccccc23)N1Cc1ccccc1. The lowest BCUT2D eigenvalue weighted by atomic mass is 9.81. The Morgan fingerprint density at radius 2 is 1.48 bits per heavy atom. The van der Waals surface area contributed by atoms with Crippen LogP contribution in [0.4, 0.5) is 0 Å². The number of benzene rings is 3. The maximum absolute atomic E-state index is 13.1. The fourth-order valence-electron chi connectivity index (χ4n) is 4.78. The third kappa shape index (κ3) is 3.13. The quantitative estimate of drug-likeness (QED) is 0.492. The summed E-state index contributed by atoms with van der Waals surface area (Å²) in [6.07, 6.45) is 4.34. The van der Waals surface area contributed by atoms with E-state index in [9.17, 15) is 4.79 Å². The Morgan fingerprint density at radius 1 is 0.828 bits per heavy atom. The molecule has 1 amide bonds. The van der Waals surface area contributed by atoms with Gasteiger partial charge in [-0.3, -0.25) is 4.79 Å². The topological polar surface area (TPSA) is 36.1 Å². The number of aromatic nitrogens is 1. The molecule has 2 heterocycles. The molecule has 144 valence electrons. The first-order chi connectivity index (χ1) is 14.3. The fraction of sp³-hybridized carbons (Fsp3) is 0.192. The molecule has 3 heteroatoms. The van der Waals surface area contributed by atoms with Crippen molar-refractivity contribution >= 4 is 16.8 Å². The van der Waals surface area contributed by atoms with Crippen LogP contribution >= 0.6 is 0 Å². The van der Waals surface area contributed by atoms with Crippen molar-refractivity contribution in [1.82, 2.24) is 9.88 Å². The Hall–Kier alpha value is -3.33. The molecule has 0 bridgehead atoms. The van der Waals surface area contributed by atoms with Crippen molar-refractivity contribution in [2.45, 2.75) is 31.3 Å². The molecular weight excluding hydrogens is 356 g/mol. The van der Waals surface area contributed by atoms with E-state index in [1.54, 1.807) is 0 Å². The molecule has 29 heavy (non-hydrogen) atoms. The van der Waals surface area contributed by atoms with Crippen LogP contribution in [0.1, 0.15) is 29.5 Å². The zero-order chi connectivity index (χ0) is 19.7. The van der Waals surface area contributed by atoms with Crippen molar-refractivity contribution < 1.29 is 4.79 Å². The number of fused-ring (bicyclic) bond motifs is 1. The van der Waals surface area contributed by atoms with Gasteiger partial charge in [-0.2, -0.15) is 0 Å². The molecule has 0 spiro atoms. The van der Waals surface area contributed by atoms with Crippen LogP contribution in [0.15, 0.2) is 91.1 Å². The van der Waals surface area contributed by atoms with Gasteiger partial charge in [0.2, 0.25) is 5.91 Å². The van der Waals surface area contributed by atoms with Crippen LogP contribution in [0, 0.1) is 0 Å². The Balaban J connectivity index is 1.66. The number of H-pyrrole nitrogens is 1. The van der Waals surface area contributed by atoms with Gasteiger partial charge >= 0.3 is 0 Å². The Labute approximate surface area is 171 Å². The smallest absolute Gasteiger partial charge is 0.223 e. The van der Waals surface area contributed by atoms with Crippen LogP contribution in [-0.2, 0) is 23.3 Å². The van der Waals surface area contributed by atoms with E-state index in [4.69, 9.17) is 0 Å². The average Bonchev–Trinajstić information content (AvgIpc) is 3.33. The molecule has 1 unspecified atom stereocenters. The average molecular weight is 380 g/mol. The van der Waals surface area contributed by atoms with Gasteiger partial charge in [-0.15, -0.1) is 0 Å². The van der Waals surface area contributed by atoms with Gasteiger partial charge in [-0.25, -0.2) is 0 Å². The van der Waals surface area contributed by atoms with E-state index in [0.717, 1.165) is 18.4 Å². The van der Waals surface area contributed by atoms with Crippen LogP contribution in [0.25, 0.3) is 10.9 Å². The number of nitrogens with one attached hydrogen (secondary N) is 1. The van der Waals surface area contributed by atoms with Gasteiger partial charge in [0.05, 0.1) is 5.54 Å². The molecule has 0 radical (unpaired) electrons. The first-order valence-corrected chi connectivity index (χ1v) is 10.2. The first-order valence-electron chi connectivity index (χ1n) is 10.2. The van der Waals surface area contributed by atoms with Crippen LogP contribution in [0.5, 0.6) is 0 Å². The maximum atomic E-state index is 13.1. The number of amides is 1. The second kappa shape index (κ2) is 7.25. The summed E-state index contributed by atoms with van der Waals surface area (Å²) in [5.41, 5.74) is 4.41.